The Morgan fingerprint density at radius 2 is 1.54 bits per heavy atom. The van der Waals surface area contributed by atoms with Crippen molar-refractivity contribution in [2.45, 2.75) is 25.2 Å². The van der Waals surface area contributed by atoms with Gasteiger partial charge in [0.15, 0.2) is 0 Å². The second-order valence-electron chi connectivity index (χ2n) is 7.25. The van der Waals surface area contributed by atoms with Gasteiger partial charge in [-0.15, -0.1) is 0 Å². The zero-order valence-electron chi connectivity index (χ0n) is 13.5. The minimum absolute atomic E-state index is 0.438. The average molecular weight is 306 g/mol. The van der Waals surface area contributed by atoms with Gasteiger partial charge in [0.25, 0.3) is 0 Å². The molecule has 0 aromatic heterocycles. The van der Waals surface area contributed by atoms with Crippen molar-refractivity contribution in [3.63, 3.8) is 0 Å². The lowest BCUT2D eigenvalue weighted by atomic mass is 9.75. The first-order valence-electron chi connectivity index (χ1n) is 8.93. The lowest BCUT2D eigenvalue weighted by Gasteiger charge is -2.29. The molecule has 0 N–H and O–H groups in total. The van der Waals surface area contributed by atoms with Crippen molar-refractivity contribution < 1.29 is 0 Å². The fraction of sp³-hybridized carbons (Fsp3) is 0.167. The van der Waals surface area contributed by atoms with Crippen LogP contribution >= 0.6 is 0 Å². The van der Waals surface area contributed by atoms with Crippen molar-refractivity contribution in [1.82, 2.24) is 0 Å². The first-order valence-corrected chi connectivity index (χ1v) is 8.93. The summed E-state index contributed by atoms with van der Waals surface area (Å²) in [6.45, 7) is 0. The Balaban J connectivity index is 1.59. The van der Waals surface area contributed by atoms with E-state index in [1.165, 1.54) is 40.7 Å². The van der Waals surface area contributed by atoms with Crippen LogP contribution in [0.5, 0.6) is 0 Å². The molecule has 0 amide bonds. The van der Waals surface area contributed by atoms with Gasteiger partial charge < -0.3 is 0 Å². The first-order chi connectivity index (χ1) is 11.9. The molecule has 0 aliphatic heterocycles. The SMILES string of the molecule is C1=CC(c2cc3c(c4c2CC4)Cc2ccccc2-3)c2ccccc21. The van der Waals surface area contributed by atoms with Gasteiger partial charge in [0.05, 0.1) is 0 Å². The van der Waals surface area contributed by atoms with Crippen molar-refractivity contribution >= 4 is 6.08 Å². The van der Waals surface area contributed by atoms with Crippen LogP contribution in [0.4, 0.5) is 0 Å². The summed E-state index contributed by atoms with van der Waals surface area (Å²) in [4.78, 5) is 0. The number of allylic oxidation sites excluding steroid dienone is 1. The van der Waals surface area contributed by atoms with Gasteiger partial charge in [-0.2, -0.15) is 0 Å². The molecule has 1 unspecified atom stereocenters. The summed E-state index contributed by atoms with van der Waals surface area (Å²) in [5.41, 5.74) is 13.7. The molecule has 0 radical (unpaired) electrons. The molecule has 0 saturated heterocycles. The molecule has 0 bridgehead atoms. The van der Waals surface area contributed by atoms with Crippen molar-refractivity contribution in [3.05, 3.63) is 99.6 Å². The number of fused-ring (bicyclic) bond motifs is 6. The molecule has 24 heavy (non-hydrogen) atoms. The minimum Gasteiger partial charge on any atom is -0.0720 e. The Bertz CT molecular complexity index is 1040. The highest BCUT2D eigenvalue weighted by Gasteiger charge is 2.32. The van der Waals surface area contributed by atoms with Gasteiger partial charge in [-0.1, -0.05) is 60.7 Å². The van der Waals surface area contributed by atoms with E-state index < -0.39 is 0 Å². The smallest absolute Gasteiger partial charge is 0.0281 e. The van der Waals surface area contributed by atoms with Crippen LogP contribution in [0.3, 0.4) is 0 Å². The van der Waals surface area contributed by atoms with E-state index in [1.807, 2.05) is 0 Å². The summed E-state index contributed by atoms with van der Waals surface area (Å²) in [6, 6.07) is 20.3. The van der Waals surface area contributed by atoms with Crippen LogP contribution in [0.2, 0.25) is 0 Å². The van der Waals surface area contributed by atoms with E-state index in [-0.39, 0.29) is 0 Å². The van der Waals surface area contributed by atoms with Gasteiger partial charge in [0.1, 0.15) is 0 Å². The Hall–Kier alpha value is -2.60. The van der Waals surface area contributed by atoms with Gasteiger partial charge in [-0.3, -0.25) is 0 Å². The van der Waals surface area contributed by atoms with Gasteiger partial charge in [-0.05, 0) is 75.4 Å². The number of rotatable bonds is 1. The fourth-order valence-corrected chi connectivity index (χ4v) is 4.89. The lowest BCUT2D eigenvalue weighted by molar-refractivity contribution is 0.794. The summed E-state index contributed by atoms with van der Waals surface area (Å²) >= 11 is 0. The van der Waals surface area contributed by atoms with Crippen LogP contribution < -0.4 is 0 Å². The molecule has 6 rings (SSSR count). The van der Waals surface area contributed by atoms with Crippen LogP contribution in [0.25, 0.3) is 17.2 Å². The van der Waals surface area contributed by atoms with Crippen LogP contribution in [0, 0.1) is 0 Å². The molecule has 0 spiro atoms. The third kappa shape index (κ3) is 1.54. The highest BCUT2D eigenvalue weighted by molar-refractivity contribution is 5.81. The van der Waals surface area contributed by atoms with Gasteiger partial charge in [0.2, 0.25) is 0 Å². The number of benzene rings is 3. The molecule has 0 fully saturated rings. The molecule has 114 valence electrons. The Morgan fingerprint density at radius 1 is 0.708 bits per heavy atom. The van der Waals surface area contributed by atoms with E-state index in [4.69, 9.17) is 0 Å². The summed E-state index contributed by atoms with van der Waals surface area (Å²) in [7, 11) is 0. The quantitative estimate of drug-likeness (QED) is 0.434. The topological polar surface area (TPSA) is 0 Å². The molecule has 0 heteroatoms. The van der Waals surface area contributed by atoms with Crippen molar-refractivity contribution in [2.24, 2.45) is 0 Å². The van der Waals surface area contributed by atoms with Crippen molar-refractivity contribution in [2.75, 3.05) is 0 Å². The van der Waals surface area contributed by atoms with E-state index in [2.05, 4.69) is 66.7 Å². The van der Waals surface area contributed by atoms with Crippen LogP contribution in [-0.2, 0) is 19.3 Å². The van der Waals surface area contributed by atoms with Crippen molar-refractivity contribution in [3.8, 4) is 11.1 Å². The molecule has 3 aliphatic rings. The highest BCUT2D eigenvalue weighted by Crippen LogP contribution is 2.48. The van der Waals surface area contributed by atoms with Crippen LogP contribution in [0.15, 0.2) is 60.7 Å². The van der Waals surface area contributed by atoms with E-state index in [0.717, 1.165) is 6.42 Å². The molecule has 3 aromatic rings. The lowest BCUT2D eigenvalue weighted by Crippen LogP contribution is -2.17. The van der Waals surface area contributed by atoms with E-state index >= 15 is 0 Å². The number of hydrogen-bond donors (Lipinski definition) is 0. The van der Waals surface area contributed by atoms with E-state index in [9.17, 15) is 0 Å². The largest absolute Gasteiger partial charge is 0.0720 e. The standard InChI is InChI=1S/C24H18/c1-3-7-17-15(5-1)9-10-19(17)24-14-23-18-8-4-2-6-16(18)13-22(23)20-11-12-21(20)24/h1-10,14,19H,11-13H2. The normalized spacial score (nSPS) is 18.6. The minimum atomic E-state index is 0.438. The predicted molar refractivity (Wildman–Crippen MR) is 99.4 cm³/mol. The Morgan fingerprint density at radius 3 is 2.46 bits per heavy atom. The summed E-state index contributed by atoms with van der Waals surface area (Å²) < 4.78 is 0. The molecule has 0 heterocycles. The average Bonchev–Trinajstić information content (AvgIpc) is 3.15. The molecule has 1 atom stereocenters. The summed E-state index contributed by atoms with van der Waals surface area (Å²) in [5, 5.41) is 0. The zero-order valence-corrected chi connectivity index (χ0v) is 13.5. The van der Waals surface area contributed by atoms with Crippen LogP contribution in [-0.4, -0.2) is 0 Å². The second-order valence-corrected chi connectivity index (χ2v) is 7.25. The van der Waals surface area contributed by atoms with Crippen molar-refractivity contribution in [1.29, 1.82) is 0 Å². The maximum absolute atomic E-state index is 2.51. The monoisotopic (exact) mass is 306 g/mol. The van der Waals surface area contributed by atoms with E-state index in [0.29, 0.717) is 5.92 Å². The van der Waals surface area contributed by atoms with E-state index in [1.54, 1.807) is 22.3 Å². The molecule has 3 aromatic carbocycles. The third-order valence-corrected chi connectivity index (χ3v) is 6.14. The molecule has 0 nitrogen and oxygen atoms in total. The molecule has 0 saturated carbocycles. The van der Waals surface area contributed by atoms with Crippen LogP contribution in [0.1, 0.15) is 44.9 Å². The second kappa shape index (κ2) is 4.48. The van der Waals surface area contributed by atoms with Gasteiger partial charge in [0, 0.05) is 5.92 Å². The fourth-order valence-electron chi connectivity index (χ4n) is 4.89. The van der Waals surface area contributed by atoms with Gasteiger partial charge in [-0.25, -0.2) is 0 Å². The predicted octanol–water partition coefficient (Wildman–Crippen LogP) is 5.52. The number of hydrogen-bond acceptors (Lipinski definition) is 0. The maximum Gasteiger partial charge on any atom is 0.0281 e. The summed E-state index contributed by atoms with van der Waals surface area (Å²) in [5.74, 6) is 0.438. The summed E-state index contributed by atoms with van der Waals surface area (Å²) in [6.07, 6.45) is 8.33. The molecular formula is C24H18. The molecule has 3 aliphatic carbocycles. The maximum atomic E-state index is 2.51. The first kappa shape index (κ1) is 12.8. The molecular weight excluding hydrogens is 288 g/mol. The highest BCUT2D eigenvalue weighted by atomic mass is 14.4. The zero-order chi connectivity index (χ0) is 15.7. The Kier molecular flexibility index (Phi) is 2.38. The third-order valence-electron chi connectivity index (χ3n) is 6.14. The Labute approximate surface area is 142 Å². The van der Waals surface area contributed by atoms with Gasteiger partial charge >= 0.3 is 0 Å².